The maximum atomic E-state index is 12.5. The summed E-state index contributed by atoms with van der Waals surface area (Å²) in [6.45, 7) is 3.54. The van der Waals surface area contributed by atoms with Crippen LogP contribution in [-0.2, 0) is 16.6 Å². The molecule has 0 aromatic heterocycles. The van der Waals surface area contributed by atoms with E-state index in [-0.39, 0.29) is 17.5 Å². The average Bonchev–Trinajstić information content (AvgIpc) is 3.15. The van der Waals surface area contributed by atoms with E-state index in [0.29, 0.717) is 16.0 Å². The lowest BCUT2D eigenvalue weighted by atomic mass is 10.1. The summed E-state index contributed by atoms with van der Waals surface area (Å²) in [5.74, 6) is 0.668. The maximum absolute atomic E-state index is 12.5. The molecule has 0 saturated heterocycles. The fourth-order valence-corrected chi connectivity index (χ4v) is 4.65. The lowest BCUT2D eigenvalue weighted by Crippen LogP contribution is -2.33. The zero-order valence-electron chi connectivity index (χ0n) is 11.7. The summed E-state index contributed by atoms with van der Waals surface area (Å²) in [6.07, 6.45) is 3.29. The van der Waals surface area contributed by atoms with E-state index >= 15 is 0 Å². The van der Waals surface area contributed by atoms with Crippen LogP contribution >= 0.6 is 15.9 Å². The number of sulfonamides is 1. The minimum atomic E-state index is -3.57. The number of halogens is 1. The number of aliphatic hydroxyl groups excluding tert-OH is 1. The number of benzene rings is 1. The lowest BCUT2D eigenvalue weighted by Gasteiger charge is -2.16. The second kappa shape index (κ2) is 6.13. The Bertz CT molecular complexity index is 597. The van der Waals surface area contributed by atoms with Gasteiger partial charge in [0.05, 0.1) is 11.5 Å². The topological polar surface area (TPSA) is 66.4 Å². The van der Waals surface area contributed by atoms with Crippen molar-refractivity contribution in [3.05, 3.63) is 27.7 Å². The first-order valence-electron chi connectivity index (χ1n) is 6.75. The monoisotopic (exact) mass is 361 g/mol. The number of aryl methyl sites for hydroxylation is 1. The third-order valence-corrected chi connectivity index (χ3v) is 6.42. The molecule has 1 aliphatic carbocycles. The van der Waals surface area contributed by atoms with Crippen molar-refractivity contribution in [1.29, 1.82) is 0 Å². The zero-order valence-corrected chi connectivity index (χ0v) is 14.1. The van der Waals surface area contributed by atoms with Gasteiger partial charge in [-0.25, -0.2) is 13.1 Å². The highest BCUT2D eigenvalue weighted by Crippen LogP contribution is 2.34. The number of hydrogen-bond donors (Lipinski definition) is 2. The molecule has 112 valence electrons. The highest BCUT2D eigenvalue weighted by atomic mass is 79.9. The number of hydrogen-bond acceptors (Lipinski definition) is 3. The van der Waals surface area contributed by atoms with Gasteiger partial charge < -0.3 is 5.11 Å². The van der Waals surface area contributed by atoms with Gasteiger partial charge in [-0.05, 0) is 59.3 Å². The van der Waals surface area contributed by atoms with Crippen molar-refractivity contribution >= 4 is 26.0 Å². The molecule has 2 rings (SSSR count). The first-order chi connectivity index (χ1) is 9.33. The van der Waals surface area contributed by atoms with Gasteiger partial charge in [0.25, 0.3) is 0 Å². The summed E-state index contributed by atoms with van der Waals surface area (Å²) < 4.78 is 28.2. The third kappa shape index (κ3) is 3.81. The van der Waals surface area contributed by atoms with E-state index < -0.39 is 10.0 Å². The number of rotatable bonds is 6. The molecule has 1 unspecified atom stereocenters. The van der Waals surface area contributed by atoms with Crippen LogP contribution in [0.2, 0.25) is 0 Å². The van der Waals surface area contributed by atoms with E-state index in [9.17, 15) is 13.5 Å². The zero-order chi connectivity index (χ0) is 14.9. The number of nitrogens with one attached hydrogen (secondary N) is 1. The molecule has 1 aromatic carbocycles. The lowest BCUT2D eigenvalue weighted by molar-refractivity contribution is 0.281. The normalized spacial score (nSPS) is 17.2. The second-order valence-electron chi connectivity index (χ2n) is 5.58. The Morgan fingerprint density at radius 3 is 2.65 bits per heavy atom. The Labute approximate surface area is 128 Å². The van der Waals surface area contributed by atoms with E-state index in [4.69, 9.17) is 0 Å². The van der Waals surface area contributed by atoms with Crippen LogP contribution in [0.3, 0.4) is 0 Å². The van der Waals surface area contributed by atoms with Crippen LogP contribution in [0.25, 0.3) is 0 Å². The molecule has 1 aromatic rings. The Morgan fingerprint density at radius 2 is 2.10 bits per heavy atom. The van der Waals surface area contributed by atoms with Gasteiger partial charge in [0.1, 0.15) is 0 Å². The van der Waals surface area contributed by atoms with Crippen LogP contribution in [0.15, 0.2) is 21.5 Å². The van der Waals surface area contributed by atoms with Crippen LogP contribution < -0.4 is 4.72 Å². The van der Waals surface area contributed by atoms with Gasteiger partial charge in [0, 0.05) is 10.5 Å². The predicted octanol–water partition coefficient (Wildman–Crippen LogP) is 2.72. The van der Waals surface area contributed by atoms with Crippen LogP contribution in [0.5, 0.6) is 0 Å². The van der Waals surface area contributed by atoms with Crippen molar-refractivity contribution in [2.45, 2.75) is 50.7 Å². The van der Waals surface area contributed by atoms with E-state index in [1.54, 1.807) is 6.07 Å². The third-order valence-electron chi connectivity index (χ3n) is 3.49. The molecule has 1 aliphatic rings. The van der Waals surface area contributed by atoms with E-state index in [0.717, 1.165) is 12.0 Å². The molecule has 1 atom stereocenters. The summed E-state index contributed by atoms with van der Waals surface area (Å²) in [5.41, 5.74) is 1.40. The average molecular weight is 362 g/mol. The van der Waals surface area contributed by atoms with Crippen molar-refractivity contribution in [3.8, 4) is 0 Å². The van der Waals surface area contributed by atoms with Crippen molar-refractivity contribution in [1.82, 2.24) is 4.72 Å². The van der Waals surface area contributed by atoms with Gasteiger partial charge in [-0.2, -0.15) is 0 Å². The maximum Gasteiger partial charge on any atom is 0.241 e. The Kier molecular flexibility index (Phi) is 4.89. The van der Waals surface area contributed by atoms with E-state index in [2.05, 4.69) is 20.7 Å². The smallest absolute Gasteiger partial charge is 0.241 e. The van der Waals surface area contributed by atoms with E-state index in [1.165, 1.54) is 18.9 Å². The summed E-state index contributed by atoms with van der Waals surface area (Å²) in [4.78, 5) is 0.198. The highest BCUT2D eigenvalue weighted by molar-refractivity contribution is 9.10. The number of aliphatic hydroxyl groups is 1. The van der Waals surface area contributed by atoms with Gasteiger partial charge in [-0.3, -0.25) is 0 Å². The Balaban J connectivity index is 2.25. The van der Waals surface area contributed by atoms with Crippen LogP contribution in [0.4, 0.5) is 0 Å². The molecule has 20 heavy (non-hydrogen) atoms. The van der Waals surface area contributed by atoms with Gasteiger partial charge in [0.2, 0.25) is 10.0 Å². The predicted molar refractivity (Wildman–Crippen MR) is 81.9 cm³/mol. The summed E-state index contributed by atoms with van der Waals surface area (Å²) in [6, 6.07) is 3.22. The summed E-state index contributed by atoms with van der Waals surface area (Å²) in [7, 11) is -3.57. The van der Waals surface area contributed by atoms with Gasteiger partial charge in [0.15, 0.2) is 0 Å². The first-order valence-corrected chi connectivity index (χ1v) is 9.03. The van der Waals surface area contributed by atoms with Gasteiger partial charge in [-0.1, -0.05) is 18.9 Å². The largest absolute Gasteiger partial charge is 0.392 e. The highest BCUT2D eigenvalue weighted by Gasteiger charge is 2.27. The molecule has 0 radical (unpaired) electrons. The molecule has 6 heteroatoms. The van der Waals surface area contributed by atoms with Crippen molar-refractivity contribution in [2.24, 2.45) is 5.92 Å². The summed E-state index contributed by atoms with van der Waals surface area (Å²) in [5, 5.41) is 9.22. The van der Waals surface area contributed by atoms with Crippen molar-refractivity contribution in [2.75, 3.05) is 0 Å². The first kappa shape index (κ1) is 15.9. The molecular formula is C14H20BrNO3S. The van der Waals surface area contributed by atoms with Crippen LogP contribution in [-0.4, -0.2) is 19.6 Å². The standard InChI is InChI=1S/C14H20BrNO3S/c1-9-5-12(8-17)7-13(14(9)15)20(18,19)16-10(2)6-11-3-4-11/h5,7,10-11,16-17H,3-4,6,8H2,1-2H3. The Hall–Kier alpha value is -0.430. The quantitative estimate of drug-likeness (QED) is 0.818. The Morgan fingerprint density at radius 1 is 1.45 bits per heavy atom. The molecule has 0 heterocycles. The summed E-state index contributed by atoms with van der Waals surface area (Å²) >= 11 is 3.33. The van der Waals surface area contributed by atoms with Gasteiger partial charge in [-0.15, -0.1) is 0 Å². The molecule has 1 saturated carbocycles. The molecular weight excluding hydrogens is 342 g/mol. The fraction of sp³-hybridized carbons (Fsp3) is 0.571. The molecule has 0 spiro atoms. The van der Waals surface area contributed by atoms with Crippen LogP contribution in [0.1, 0.15) is 37.3 Å². The molecule has 0 aliphatic heterocycles. The molecule has 0 amide bonds. The van der Waals surface area contributed by atoms with E-state index in [1.807, 2.05) is 13.8 Å². The van der Waals surface area contributed by atoms with Crippen LogP contribution in [0, 0.1) is 12.8 Å². The van der Waals surface area contributed by atoms with Crippen molar-refractivity contribution in [3.63, 3.8) is 0 Å². The molecule has 2 N–H and O–H groups in total. The fourth-order valence-electron chi connectivity index (χ4n) is 2.33. The second-order valence-corrected chi connectivity index (χ2v) is 8.06. The van der Waals surface area contributed by atoms with Gasteiger partial charge >= 0.3 is 0 Å². The minimum absolute atomic E-state index is 0.0718. The minimum Gasteiger partial charge on any atom is -0.392 e. The van der Waals surface area contributed by atoms with Crippen molar-refractivity contribution < 1.29 is 13.5 Å². The molecule has 4 nitrogen and oxygen atoms in total. The molecule has 0 bridgehead atoms. The SMILES string of the molecule is Cc1cc(CO)cc(S(=O)(=O)NC(C)CC2CC2)c1Br. The molecule has 1 fully saturated rings.